The molecule has 0 saturated carbocycles. The number of nitrogens with zero attached hydrogens (tertiary/aromatic N) is 1. The van der Waals surface area contributed by atoms with Crippen molar-refractivity contribution in [1.29, 1.82) is 0 Å². The van der Waals surface area contributed by atoms with Crippen molar-refractivity contribution < 1.29 is 22.6 Å². The molecule has 0 aliphatic carbocycles. The number of hydrogen-bond donors (Lipinski definition) is 1. The molecule has 104 valence electrons. The van der Waals surface area contributed by atoms with E-state index in [1.165, 1.54) is 6.20 Å². The van der Waals surface area contributed by atoms with Crippen molar-refractivity contribution in [2.24, 2.45) is 0 Å². The van der Waals surface area contributed by atoms with E-state index < -0.39 is 17.3 Å². The fourth-order valence-corrected chi connectivity index (χ4v) is 2.62. The van der Waals surface area contributed by atoms with E-state index in [0.717, 1.165) is 12.1 Å². The summed E-state index contributed by atoms with van der Waals surface area (Å²) in [4.78, 5) is 4.08. The van der Waals surface area contributed by atoms with Crippen LogP contribution in [0.4, 0.5) is 13.2 Å². The summed E-state index contributed by atoms with van der Waals surface area (Å²) in [6.45, 7) is 1.31. The monoisotopic (exact) mass is 274 g/mol. The number of fused-ring (bicyclic) bond motifs is 1. The van der Waals surface area contributed by atoms with E-state index in [1.807, 2.05) is 0 Å². The van der Waals surface area contributed by atoms with Crippen LogP contribution in [0.5, 0.6) is 0 Å². The fraction of sp³-hybridized carbons (Fsp3) is 0.583. The van der Waals surface area contributed by atoms with Crippen molar-refractivity contribution in [3.63, 3.8) is 0 Å². The van der Waals surface area contributed by atoms with Gasteiger partial charge in [-0.25, -0.2) is 0 Å². The number of halogens is 3. The minimum atomic E-state index is -4.38. The first-order chi connectivity index (χ1) is 9.02. The molecule has 2 saturated heterocycles. The number of ether oxygens (including phenoxy) is 2. The van der Waals surface area contributed by atoms with Gasteiger partial charge in [-0.05, 0) is 25.1 Å². The molecule has 0 radical (unpaired) electrons. The van der Waals surface area contributed by atoms with Crippen molar-refractivity contribution in [2.45, 2.75) is 24.3 Å². The van der Waals surface area contributed by atoms with Crippen LogP contribution in [0.1, 0.15) is 17.7 Å². The lowest BCUT2D eigenvalue weighted by molar-refractivity contribution is -0.138. The molecule has 2 aliphatic heterocycles. The molecular weight excluding hydrogens is 261 g/mol. The van der Waals surface area contributed by atoms with E-state index in [4.69, 9.17) is 9.47 Å². The van der Waals surface area contributed by atoms with Crippen LogP contribution in [0, 0.1) is 0 Å². The van der Waals surface area contributed by atoms with Crippen molar-refractivity contribution in [3.05, 3.63) is 29.6 Å². The van der Waals surface area contributed by atoms with Gasteiger partial charge in [-0.1, -0.05) is 0 Å². The fourth-order valence-electron chi connectivity index (χ4n) is 2.62. The van der Waals surface area contributed by atoms with Crippen LogP contribution in [0.15, 0.2) is 18.3 Å². The predicted octanol–water partition coefficient (Wildman–Crippen LogP) is 1.66. The average molecular weight is 274 g/mol. The Bertz CT molecular complexity index is 480. The summed E-state index contributed by atoms with van der Waals surface area (Å²) in [6.07, 6.45) is -2.95. The van der Waals surface area contributed by atoms with Crippen LogP contribution in [-0.2, 0) is 21.3 Å². The van der Waals surface area contributed by atoms with Gasteiger partial charge in [0.05, 0.1) is 11.3 Å². The van der Waals surface area contributed by atoms with E-state index in [9.17, 15) is 13.2 Å². The number of pyridine rings is 1. The minimum absolute atomic E-state index is 0.0876. The van der Waals surface area contributed by atoms with E-state index in [-0.39, 0.29) is 12.9 Å². The molecule has 19 heavy (non-hydrogen) atoms. The van der Waals surface area contributed by atoms with Crippen LogP contribution in [0.3, 0.4) is 0 Å². The Morgan fingerprint density at radius 3 is 3.05 bits per heavy atom. The lowest BCUT2D eigenvalue weighted by atomic mass is 9.85. The number of rotatable bonds is 1. The zero-order chi connectivity index (χ0) is 13.5. The minimum Gasteiger partial charge on any atom is -0.347 e. The molecule has 2 atom stereocenters. The Labute approximate surface area is 107 Å². The first kappa shape index (κ1) is 12.8. The number of alkyl halides is 3. The van der Waals surface area contributed by atoms with Gasteiger partial charge in [0.25, 0.3) is 0 Å². The Balaban J connectivity index is 2.01. The molecule has 3 heterocycles. The van der Waals surface area contributed by atoms with E-state index in [0.29, 0.717) is 25.2 Å². The van der Waals surface area contributed by atoms with Crippen molar-refractivity contribution in [1.82, 2.24) is 10.3 Å². The first-order valence-corrected chi connectivity index (χ1v) is 6.02. The van der Waals surface area contributed by atoms with E-state index in [1.54, 1.807) is 0 Å². The van der Waals surface area contributed by atoms with Gasteiger partial charge in [0.1, 0.15) is 18.5 Å². The maximum atomic E-state index is 12.8. The van der Waals surface area contributed by atoms with Crippen molar-refractivity contribution in [3.8, 4) is 0 Å². The topological polar surface area (TPSA) is 43.4 Å². The highest BCUT2D eigenvalue weighted by Gasteiger charge is 2.50. The molecule has 4 nitrogen and oxygen atoms in total. The highest BCUT2D eigenvalue weighted by molar-refractivity contribution is 5.26. The molecule has 1 aromatic heterocycles. The first-order valence-electron chi connectivity index (χ1n) is 6.02. The second-order valence-electron chi connectivity index (χ2n) is 4.69. The highest BCUT2D eigenvalue weighted by Crippen LogP contribution is 2.41. The van der Waals surface area contributed by atoms with Crippen LogP contribution >= 0.6 is 0 Å². The Morgan fingerprint density at radius 1 is 1.42 bits per heavy atom. The highest BCUT2D eigenvalue weighted by atomic mass is 19.4. The third-order valence-corrected chi connectivity index (χ3v) is 3.63. The molecule has 0 aromatic carbocycles. The van der Waals surface area contributed by atoms with Gasteiger partial charge < -0.3 is 14.8 Å². The van der Waals surface area contributed by atoms with E-state index >= 15 is 0 Å². The molecule has 0 bridgehead atoms. The van der Waals surface area contributed by atoms with Gasteiger partial charge in [-0.3, -0.25) is 4.98 Å². The van der Waals surface area contributed by atoms with Crippen molar-refractivity contribution in [2.75, 3.05) is 19.9 Å². The molecule has 0 spiro atoms. The Kier molecular flexibility index (Phi) is 2.99. The lowest BCUT2D eigenvalue weighted by Gasteiger charge is -2.36. The maximum absolute atomic E-state index is 12.8. The molecule has 2 fully saturated rings. The summed E-state index contributed by atoms with van der Waals surface area (Å²) < 4.78 is 49.3. The van der Waals surface area contributed by atoms with Crippen LogP contribution in [-0.4, -0.2) is 31.0 Å². The summed E-state index contributed by atoms with van der Waals surface area (Å²) in [7, 11) is 0. The zero-order valence-corrected chi connectivity index (χ0v) is 10.0. The average Bonchev–Trinajstić information content (AvgIpc) is 2.83. The van der Waals surface area contributed by atoms with Gasteiger partial charge in [0, 0.05) is 12.7 Å². The largest absolute Gasteiger partial charge is 0.416 e. The Morgan fingerprint density at radius 2 is 2.26 bits per heavy atom. The number of nitrogens with one attached hydrogen (secondary N) is 1. The quantitative estimate of drug-likeness (QED) is 0.846. The third-order valence-electron chi connectivity index (χ3n) is 3.63. The number of hydrogen-bond acceptors (Lipinski definition) is 4. The second-order valence-corrected chi connectivity index (χ2v) is 4.69. The molecule has 1 N–H and O–H groups in total. The third kappa shape index (κ3) is 2.11. The van der Waals surface area contributed by atoms with Gasteiger partial charge in [-0.2, -0.15) is 13.2 Å². The molecule has 0 unspecified atom stereocenters. The summed E-state index contributed by atoms with van der Waals surface area (Å²) in [5.41, 5.74) is -1.27. The van der Waals surface area contributed by atoms with Crippen LogP contribution < -0.4 is 5.32 Å². The van der Waals surface area contributed by atoms with Crippen molar-refractivity contribution >= 4 is 0 Å². The van der Waals surface area contributed by atoms with Gasteiger partial charge >= 0.3 is 6.18 Å². The SMILES string of the molecule is FC(F)(F)c1ccnc([C@]23CCNC[C@H]2OCO3)c1. The maximum Gasteiger partial charge on any atom is 0.416 e. The van der Waals surface area contributed by atoms with E-state index in [2.05, 4.69) is 10.3 Å². The molecule has 3 rings (SSSR count). The van der Waals surface area contributed by atoms with Gasteiger partial charge in [0.2, 0.25) is 0 Å². The number of aromatic nitrogens is 1. The normalized spacial score (nSPS) is 31.2. The predicted molar refractivity (Wildman–Crippen MR) is 59.2 cm³/mol. The molecule has 0 amide bonds. The molecule has 1 aromatic rings. The van der Waals surface area contributed by atoms with Gasteiger partial charge in [-0.15, -0.1) is 0 Å². The second kappa shape index (κ2) is 4.43. The summed E-state index contributed by atoms with van der Waals surface area (Å²) in [5.74, 6) is 0. The van der Waals surface area contributed by atoms with Crippen LogP contribution in [0.2, 0.25) is 0 Å². The molecular formula is C12H13F3N2O2. The zero-order valence-electron chi connectivity index (χ0n) is 10.0. The van der Waals surface area contributed by atoms with Gasteiger partial charge in [0.15, 0.2) is 0 Å². The summed E-state index contributed by atoms with van der Waals surface area (Å²) >= 11 is 0. The summed E-state index contributed by atoms with van der Waals surface area (Å²) in [6, 6.07) is 2.03. The lowest BCUT2D eigenvalue weighted by Crippen LogP contribution is -2.50. The standard InChI is InChI=1S/C12H13F3N2O2/c13-12(14,15)8-1-3-17-9(5-8)11-2-4-16-6-10(11)18-7-19-11/h1,3,5,10,16H,2,4,6-7H2/t10-,11-/m1/s1. The Hall–Kier alpha value is -1.18. The van der Waals surface area contributed by atoms with Crippen LogP contribution in [0.25, 0.3) is 0 Å². The summed E-state index contributed by atoms with van der Waals surface area (Å²) in [5, 5.41) is 3.14. The molecule has 2 aliphatic rings. The smallest absolute Gasteiger partial charge is 0.347 e. The molecule has 7 heteroatoms. The number of piperidine rings is 1.